The van der Waals surface area contributed by atoms with Gasteiger partial charge in [0.2, 0.25) is 0 Å². The molecule has 0 aliphatic heterocycles. The molecule has 0 aromatic rings. The van der Waals surface area contributed by atoms with Crippen molar-refractivity contribution in [3.63, 3.8) is 0 Å². The Morgan fingerprint density at radius 2 is 0.474 bits per heavy atom. The van der Waals surface area contributed by atoms with Gasteiger partial charge in [0.15, 0.2) is 12.2 Å². The van der Waals surface area contributed by atoms with Crippen LogP contribution in [0.15, 0.2) is 0 Å². The van der Waals surface area contributed by atoms with E-state index in [-0.39, 0.29) is 25.7 Å². The molecule has 0 radical (unpaired) electrons. The van der Waals surface area contributed by atoms with E-state index in [1.807, 2.05) is 0 Å². The van der Waals surface area contributed by atoms with E-state index in [0.29, 0.717) is 25.7 Å². The molecule has 0 heterocycles. The van der Waals surface area contributed by atoms with Gasteiger partial charge in [-0.25, -0.2) is 9.13 Å². The summed E-state index contributed by atoms with van der Waals surface area (Å²) in [6.45, 7) is 7.27. The van der Waals surface area contributed by atoms with Crippen molar-refractivity contribution in [3.05, 3.63) is 0 Å². The molecule has 0 rings (SSSR count). The first-order valence-corrected chi connectivity index (χ1v) is 43.6. The number of phosphoric acid groups is 2. The number of phosphoric ester groups is 2. The molecule has 0 fully saturated rings. The van der Waals surface area contributed by atoms with Crippen molar-refractivity contribution in [2.24, 2.45) is 5.92 Å². The van der Waals surface area contributed by atoms with Crippen molar-refractivity contribution in [2.45, 2.75) is 432 Å². The van der Waals surface area contributed by atoms with Crippen molar-refractivity contribution in [1.29, 1.82) is 0 Å². The van der Waals surface area contributed by atoms with Crippen LogP contribution in [0.3, 0.4) is 0 Å². The molecule has 2 unspecified atom stereocenters. The van der Waals surface area contributed by atoms with Crippen molar-refractivity contribution >= 4 is 39.5 Å². The highest BCUT2D eigenvalue weighted by Crippen LogP contribution is 2.45. The van der Waals surface area contributed by atoms with Gasteiger partial charge in [0.1, 0.15) is 19.3 Å². The SMILES string of the molecule is CCCCCCCCCCCCCCCCCCCCCCCC(=O)O[C@H](COC(=O)CCCCCCCCCCCCCCCCC)COP(=O)(O)OC[C@@H](O)COP(=O)(O)OC[C@@H](COC(=O)CCCCCCCCC)OC(=O)CCCCCCCCCCCCCC(C)C. The second-order valence-electron chi connectivity index (χ2n) is 28.6. The van der Waals surface area contributed by atoms with E-state index >= 15 is 0 Å². The van der Waals surface area contributed by atoms with Crippen LogP contribution in [0, 0.1) is 5.92 Å². The van der Waals surface area contributed by atoms with Gasteiger partial charge in [-0.15, -0.1) is 0 Å². The fraction of sp³-hybridized carbons (Fsp3) is 0.949. The van der Waals surface area contributed by atoms with Crippen LogP contribution in [0.25, 0.3) is 0 Å². The number of unbranched alkanes of at least 4 members (excludes halogenated alkanes) is 50. The molecule has 0 spiro atoms. The Kier molecular flexibility index (Phi) is 69.6. The maximum Gasteiger partial charge on any atom is 0.472 e. The molecule has 0 amide bonds. The highest BCUT2D eigenvalue weighted by Gasteiger charge is 2.30. The molecule has 0 aromatic carbocycles. The fourth-order valence-electron chi connectivity index (χ4n) is 12.1. The van der Waals surface area contributed by atoms with Gasteiger partial charge in [-0.2, -0.15) is 0 Å². The average Bonchev–Trinajstić information content (AvgIpc) is 1.57. The topological polar surface area (TPSA) is 237 Å². The molecule has 0 saturated heterocycles. The Hall–Kier alpha value is -1.94. The van der Waals surface area contributed by atoms with Gasteiger partial charge in [-0.1, -0.05) is 362 Å². The molecule has 97 heavy (non-hydrogen) atoms. The van der Waals surface area contributed by atoms with Crippen LogP contribution in [0.1, 0.15) is 413 Å². The molecule has 0 saturated carbocycles. The summed E-state index contributed by atoms with van der Waals surface area (Å²) in [5.74, 6) is -1.35. The molecule has 0 aliphatic rings. The third kappa shape index (κ3) is 72.2. The Morgan fingerprint density at radius 3 is 0.701 bits per heavy atom. The Morgan fingerprint density at radius 1 is 0.278 bits per heavy atom. The van der Waals surface area contributed by atoms with Crippen molar-refractivity contribution < 1.29 is 80.2 Å². The number of aliphatic hydroxyl groups is 1. The monoisotopic (exact) mass is 1420 g/mol. The third-order valence-electron chi connectivity index (χ3n) is 18.3. The summed E-state index contributed by atoms with van der Waals surface area (Å²) in [4.78, 5) is 72.7. The smallest absolute Gasteiger partial charge is 0.462 e. The van der Waals surface area contributed by atoms with Crippen molar-refractivity contribution in [1.82, 2.24) is 0 Å². The molecule has 0 bridgehead atoms. The molecular formula is C78H152O17P2. The Labute approximate surface area is 594 Å². The van der Waals surface area contributed by atoms with Gasteiger partial charge in [0.05, 0.1) is 26.4 Å². The minimum atomic E-state index is -4.96. The first kappa shape index (κ1) is 95.1. The molecule has 5 atom stereocenters. The number of carbonyl (C=O) groups excluding carboxylic acids is 4. The number of ether oxygens (including phenoxy) is 4. The maximum absolute atomic E-state index is 13.1. The zero-order valence-corrected chi connectivity index (χ0v) is 65.0. The zero-order chi connectivity index (χ0) is 71.2. The van der Waals surface area contributed by atoms with E-state index in [1.165, 1.54) is 225 Å². The predicted octanol–water partition coefficient (Wildman–Crippen LogP) is 23.3. The summed E-state index contributed by atoms with van der Waals surface area (Å²) in [5.41, 5.74) is 0. The number of hydrogen-bond donors (Lipinski definition) is 3. The molecule has 0 aromatic heterocycles. The molecule has 0 aliphatic carbocycles. The first-order chi connectivity index (χ1) is 47.0. The van der Waals surface area contributed by atoms with E-state index in [1.54, 1.807) is 0 Å². The van der Waals surface area contributed by atoms with Gasteiger partial charge < -0.3 is 33.8 Å². The van der Waals surface area contributed by atoms with Gasteiger partial charge in [-0.3, -0.25) is 37.3 Å². The van der Waals surface area contributed by atoms with E-state index in [9.17, 15) is 43.2 Å². The largest absolute Gasteiger partial charge is 0.472 e. The average molecular weight is 1420 g/mol. The molecule has 3 N–H and O–H groups in total. The zero-order valence-electron chi connectivity index (χ0n) is 63.2. The Balaban J connectivity index is 5.17. The maximum atomic E-state index is 13.1. The van der Waals surface area contributed by atoms with Crippen LogP contribution < -0.4 is 0 Å². The fourth-order valence-corrected chi connectivity index (χ4v) is 13.6. The minimum Gasteiger partial charge on any atom is -0.462 e. The highest BCUT2D eigenvalue weighted by atomic mass is 31.2. The second-order valence-corrected chi connectivity index (χ2v) is 31.5. The standard InChI is InChI=1S/C78H152O17P2/c1-6-9-12-15-18-20-22-24-26-27-28-29-30-31-33-35-39-43-48-53-58-63-77(82)95-74(68-89-76(81)62-57-52-47-42-38-34-32-25-23-21-19-16-13-10-7-2)70-93-97(86,87)91-66-72(79)65-90-96(84,85)92-69-73(67-88-75(80)61-56-51-45-17-14-11-8-3)94-78(83)64-59-54-49-44-40-36-37-41-46-50-55-60-71(4)5/h71-74,79H,6-70H2,1-5H3,(H,84,85)(H,86,87)/t72-,73+,74+/m0/s1. The Bertz CT molecular complexity index is 1860. The molecule has 576 valence electrons. The van der Waals surface area contributed by atoms with Crippen LogP contribution in [0.2, 0.25) is 0 Å². The molecule has 17 nitrogen and oxygen atoms in total. The lowest BCUT2D eigenvalue weighted by Gasteiger charge is -2.21. The van der Waals surface area contributed by atoms with Gasteiger partial charge >= 0.3 is 39.5 Å². The summed E-state index contributed by atoms with van der Waals surface area (Å²) in [6, 6.07) is 0. The van der Waals surface area contributed by atoms with Gasteiger partial charge in [0, 0.05) is 25.7 Å². The lowest BCUT2D eigenvalue weighted by atomic mass is 10.0. The summed E-state index contributed by atoms with van der Waals surface area (Å²) in [6.07, 6.45) is 61.3. The second kappa shape index (κ2) is 71.1. The summed E-state index contributed by atoms with van der Waals surface area (Å²) < 4.78 is 68.5. The van der Waals surface area contributed by atoms with Crippen molar-refractivity contribution in [3.8, 4) is 0 Å². The normalized spacial score (nSPS) is 13.9. The van der Waals surface area contributed by atoms with E-state index < -0.39 is 97.5 Å². The van der Waals surface area contributed by atoms with Crippen LogP contribution >= 0.6 is 15.6 Å². The molecule has 19 heteroatoms. The molecular weight excluding hydrogens is 1270 g/mol. The predicted molar refractivity (Wildman–Crippen MR) is 395 cm³/mol. The van der Waals surface area contributed by atoms with Crippen LogP contribution in [0.5, 0.6) is 0 Å². The van der Waals surface area contributed by atoms with E-state index in [2.05, 4.69) is 34.6 Å². The highest BCUT2D eigenvalue weighted by molar-refractivity contribution is 7.47. The number of carbonyl (C=O) groups is 4. The van der Waals surface area contributed by atoms with Crippen LogP contribution in [0.4, 0.5) is 0 Å². The van der Waals surface area contributed by atoms with Crippen molar-refractivity contribution in [2.75, 3.05) is 39.6 Å². The summed E-state index contributed by atoms with van der Waals surface area (Å²) in [7, 11) is -9.91. The number of rotatable bonds is 78. The van der Waals surface area contributed by atoms with Crippen LogP contribution in [-0.4, -0.2) is 96.7 Å². The minimum absolute atomic E-state index is 0.106. The first-order valence-electron chi connectivity index (χ1n) is 40.6. The summed E-state index contributed by atoms with van der Waals surface area (Å²) in [5, 5.41) is 10.6. The number of esters is 4. The van der Waals surface area contributed by atoms with E-state index in [0.717, 1.165) is 109 Å². The lowest BCUT2D eigenvalue weighted by Crippen LogP contribution is -2.30. The summed E-state index contributed by atoms with van der Waals surface area (Å²) >= 11 is 0. The van der Waals surface area contributed by atoms with Crippen LogP contribution in [-0.2, 0) is 65.4 Å². The quantitative estimate of drug-likeness (QED) is 0.0222. The lowest BCUT2D eigenvalue weighted by molar-refractivity contribution is -0.161. The van der Waals surface area contributed by atoms with Gasteiger partial charge in [0.25, 0.3) is 0 Å². The van der Waals surface area contributed by atoms with Gasteiger partial charge in [-0.05, 0) is 31.6 Å². The number of hydrogen-bond acceptors (Lipinski definition) is 15. The number of aliphatic hydroxyl groups excluding tert-OH is 1. The third-order valence-corrected chi connectivity index (χ3v) is 20.2. The van der Waals surface area contributed by atoms with E-state index in [4.69, 9.17) is 37.0 Å².